The largest absolute Gasteiger partial charge is 0.505 e. The van der Waals surface area contributed by atoms with E-state index in [2.05, 4.69) is 25.5 Å². The van der Waals surface area contributed by atoms with Crippen LogP contribution in [0.15, 0.2) is 0 Å². The van der Waals surface area contributed by atoms with E-state index < -0.39 is 11.9 Å². The molecule has 0 aromatic rings. The molecule has 8 atom stereocenters. The lowest BCUT2D eigenvalue weighted by atomic mass is 9.56. The maximum Gasteiger partial charge on any atom is 0.505 e. The van der Waals surface area contributed by atoms with Gasteiger partial charge >= 0.3 is 6.16 Å². The van der Waals surface area contributed by atoms with E-state index in [4.69, 9.17) is 19.3 Å². The summed E-state index contributed by atoms with van der Waals surface area (Å²) in [6.07, 6.45) is 4.50. The average molecular weight is 354 g/mol. The summed E-state index contributed by atoms with van der Waals surface area (Å²) in [6.45, 7) is 6.88. The van der Waals surface area contributed by atoms with E-state index in [1.807, 2.05) is 0 Å². The molecule has 0 aromatic carbocycles. The quantitative estimate of drug-likeness (QED) is 0.612. The highest BCUT2D eigenvalue weighted by molar-refractivity contribution is 5.56. The molecule has 3 saturated heterocycles. The predicted octanol–water partition coefficient (Wildman–Crippen LogP) is 3.78. The van der Waals surface area contributed by atoms with Crippen molar-refractivity contribution in [3.05, 3.63) is 0 Å². The minimum Gasteiger partial charge on any atom is -0.450 e. The van der Waals surface area contributed by atoms with Gasteiger partial charge in [0, 0.05) is 6.42 Å². The Morgan fingerprint density at radius 3 is 2.80 bits per heavy atom. The molecule has 4 aliphatic rings. The van der Waals surface area contributed by atoms with Crippen molar-refractivity contribution < 1.29 is 28.8 Å². The van der Waals surface area contributed by atoms with Crippen LogP contribution in [0.5, 0.6) is 0 Å². The first kappa shape index (κ1) is 17.6. The molecule has 3 heterocycles. The van der Waals surface area contributed by atoms with Crippen molar-refractivity contribution in [2.24, 2.45) is 23.7 Å². The number of carboxylic acid groups (broad SMARTS) is 1. The fourth-order valence-corrected chi connectivity index (χ4v) is 6.02. The van der Waals surface area contributed by atoms with Gasteiger partial charge in [-0.25, -0.2) is 4.79 Å². The standard InChI is InChI=1S/C19H30O6/c1-11-6-7-14-12(2)15(5-4-10-22-17(20)21)23-16-19(14)13(11)8-9-18(3,24-16)25-19/h11-16H,4-10H2,1-3H3,(H,20,21)/t11-,12-,13+,14+,15-,16-,18+,19-/m1/s1. The van der Waals surface area contributed by atoms with E-state index in [9.17, 15) is 4.79 Å². The molecule has 4 fully saturated rings. The lowest BCUT2D eigenvalue weighted by Gasteiger charge is -2.58. The topological polar surface area (TPSA) is 74.2 Å². The maximum absolute atomic E-state index is 10.5. The van der Waals surface area contributed by atoms with Gasteiger partial charge in [-0.05, 0) is 62.7 Å². The first-order valence-corrected chi connectivity index (χ1v) is 9.75. The van der Waals surface area contributed by atoms with Gasteiger partial charge in [0.25, 0.3) is 0 Å². The second-order valence-electron chi connectivity index (χ2n) is 8.64. The zero-order valence-electron chi connectivity index (χ0n) is 15.4. The molecule has 1 aliphatic carbocycles. The van der Waals surface area contributed by atoms with Crippen molar-refractivity contribution in [1.82, 2.24) is 0 Å². The van der Waals surface area contributed by atoms with Crippen molar-refractivity contribution in [2.45, 2.75) is 83.1 Å². The number of hydrogen-bond donors (Lipinski definition) is 1. The molecule has 0 unspecified atom stereocenters. The zero-order chi connectivity index (χ0) is 17.8. The highest BCUT2D eigenvalue weighted by atomic mass is 16.8. The van der Waals surface area contributed by atoms with Crippen LogP contribution in [0.3, 0.4) is 0 Å². The summed E-state index contributed by atoms with van der Waals surface area (Å²) >= 11 is 0. The molecule has 142 valence electrons. The molecule has 0 radical (unpaired) electrons. The van der Waals surface area contributed by atoms with Gasteiger partial charge in [-0.1, -0.05) is 13.8 Å². The smallest absolute Gasteiger partial charge is 0.450 e. The minimum atomic E-state index is -1.21. The molecule has 4 rings (SSSR count). The number of hydrogen-bond acceptors (Lipinski definition) is 5. The van der Waals surface area contributed by atoms with E-state index in [1.165, 1.54) is 6.42 Å². The Kier molecular flexibility index (Phi) is 4.28. The van der Waals surface area contributed by atoms with Crippen molar-refractivity contribution in [3.8, 4) is 0 Å². The van der Waals surface area contributed by atoms with Crippen LogP contribution in [0.25, 0.3) is 0 Å². The molecule has 0 amide bonds. The Morgan fingerprint density at radius 2 is 2.04 bits per heavy atom. The molecule has 0 aromatic heterocycles. The van der Waals surface area contributed by atoms with Crippen LogP contribution in [0.1, 0.15) is 59.3 Å². The number of rotatable bonds is 4. The van der Waals surface area contributed by atoms with Crippen molar-refractivity contribution >= 4 is 6.16 Å². The third-order valence-electron chi connectivity index (χ3n) is 7.18. The minimum absolute atomic E-state index is 0.0682. The van der Waals surface area contributed by atoms with Crippen molar-refractivity contribution in [3.63, 3.8) is 0 Å². The molecular formula is C19H30O6. The highest BCUT2D eigenvalue weighted by Crippen LogP contribution is 2.63. The normalized spacial score (nSPS) is 51.0. The fourth-order valence-electron chi connectivity index (χ4n) is 6.02. The van der Waals surface area contributed by atoms with Gasteiger partial charge < -0.3 is 24.1 Å². The summed E-state index contributed by atoms with van der Waals surface area (Å²) < 4.78 is 24.0. The van der Waals surface area contributed by atoms with Crippen LogP contribution in [0.2, 0.25) is 0 Å². The second kappa shape index (κ2) is 6.10. The number of fused-ring (bicyclic) bond motifs is 1. The lowest BCUT2D eigenvalue weighted by Crippen LogP contribution is -2.66. The molecule has 6 heteroatoms. The van der Waals surface area contributed by atoms with E-state index >= 15 is 0 Å². The third kappa shape index (κ3) is 2.68. The molecular weight excluding hydrogens is 324 g/mol. The van der Waals surface area contributed by atoms with Gasteiger partial charge in [0.2, 0.25) is 0 Å². The molecule has 3 aliphatic heterocycles. The molecule has 6 nitrogen and oxygen atoms in total. The van der Waals surface area contributed by atoms with Crippen molar-refractivity contribution in [1.29, 1.82) is 0 Å². The monoisotopic (exact) mass is 354 g/mol. The molecule has 1 saturated carbocycles. The predicted molar refractivity (Wildman–Crippen MR) is 89.0 cm³/mol. The van der Waals surface area contributed by atoms with Crippen LogP contribution in [-0.2, 0) is 18.9 Å². The second-order valence-corrected chi connectivity index (χ2v) is 8.64. The summed E-state index contributed by atoms with van der Waals surface area (Å²) in [5, 5.41) is 8.61. The summed E-state index contributed by atoms with van der Waals surface area (Å²) in [5.41, 5.74) is -0.294. The van der Waals surface area contributed by atoms with Crippen LogP contribution in [-0.4, -0.2) is 41.7 Å². The van der Waals surface area contributed by atoms with Crippen LogP contribution in [0.4, 0.5) is 4.79 Å². The summed E-state index contributed by atoms with van der Waals surface area (Å²) in [5.74, 6) is 1.45. The fraction of sp³-hybridized carbons (Fsp3) is 0.947. The highest BCUT2D eigenvalue weighted by Gasteiger charge is 2.71. The molecule has 1 N–H and O–H groups in total. The van der Waals surface area contributed by atoms with Crippen LogP contribution < -0.4 is 0 Å². The number of ether oxygens (including phenoxy) is 4. The van der Waals surface area contributed by atoms with E-state index in [0.717, 1.165) is 25.7 Å². The maximum atomic E-state index is 10.5. The molecule has 2 bridgehead atoms. The van der Waals surface area contributed by atoms with Gasteiger partial charge in [-0.2, -0.15) is 0 Å². The van der Waals surface area contributed by atoms with Gasteiger partial charge in [-0.15, -0.1) is 0 Å². The van der Waals surface area contributed by atoms with Gasteiger partial charge in [0.15, 0.2) is 12.1 Å². The van der Waals surface area contributed by atoms with Gasteiger partial charge in [0.1, 0.15) is 5.60 Å². The SMILES string of the molecule is C[C@H]1[C@@H](CCCOC(=O)O)O[C@@H]2O[C@]3(C)CC[C@H]4[C@H](C)CC[C@@H]1[C@@]24O3. The van der Waals surface area contributed by atoms with E-state index in [1.54, 1.807) is 0 Å². The first-order valence-electron chi connectivity index (χ1n) is 9.75. The summed E-state index contributed by atoms with van der Waals surface area (Å²) in [7, 11) is 0. The Hall–Kier alpha value is -0.850. The Balaban J connectivity index is 1.53. The third-order valence-corrected chi connectivity index (χ3v) is 7.18. The average Bonchev–Trinajstić information content (AvgIpc) is 2.76. The van der Waals surface area contributed by atoms with Crippen LogP contribution >= 0.6 is 0 Å². The van der Waals surface area contributed by atoms with E-state index in [0.29, 0.717) is 30.1 Å². The zero-order valence-corrected chi connectivity index (χ0v) is 15.4. The molecule has 1 spiro atoms. The van der Waals surface area contributed by atoms with Crippen molar-refractivity contribution in [2.75, 3.05) is 6.61 Å². The summed E-state index contributed by atoms with van der Waals surface area (Å²) in [4.78, 5) is 10.5. The Labute approximate surface area is 149 Å². The number of carbonyl (C=O) groups is 1. The summed E-state index contributed by atoms with van der Waals surface area (Å²) in [6, 6.07) is 0. The Morgan fingerprint density at radius 1 is 1.24 bits per heavy atom. The van der Waals surface area contributed by atoms with E-state index in [-0.39, 0.29) is 24.6 Å². The first-order chi connectivity index (χ1) is 11.9. The van der Waals surface area contributed by atoms with Gasteiger partial charge in [0.05, 0.1) is 12.7 Å². The van der Waals surface area contributed by atoms with Crippen LogP contribution in [0, 0.1) is 23.7 Å². The Bertz CT molecular complexity index is 538. The molecule has 25 heavy (non-hydrogen) atoms. The van der Waals surface area contributed by atoms with Gasteiger partial charge in [-0.3, -0.25) is 0 Å². The lowest BCUT2D eigenvalue weighted by molar-refractivity contribution is -0.289.